The molecule has 0 fully saturated rings. The topological polar surface area (TPSA) is 54.9 Å². The summed E-state index contributed by atoms with van der Waals surface area (Å²) in [7, 11) is 0. The maximum atomic E-state index is 13.5. The van der Waals surface area contributed by atoms with Crippen molar-refractivity contribution in [2.45, 2.75) is 0 Å². The third kappa shape index (κ3) is 2.75. The van der Waals surface area contributed by atoms with Crippen LogP contribution in [0.15, 0.2) is 30.5 Å². The molecule has 0 spiro atoms. The van der Waals surface area contributed by atoms with Gasteiger partial charge in [0.1, 0.15) is 11.6 Å². The van der Waals surface area contributed by atoms with Crippen molar-refractivity contribution in [2.24, 2.45) is 0 Å². The van der Waals surface area contributed by atoms with E-state index in [0.717, 1.165) is 6.07 Å². The number of hydrogen-bond acceptors (Lipinski definition) is 3. The molecule has 1 heterocycles. The Labute approximate surface area is 112 Å². The van der Waals surface area contributed by atoms with Crippen LogP contribution in [0.4, 0.5) is 10.2 Å². The average Bonchev–Trinajstić information content (AvgIpc) is 2.28. The molecule has 18 heavy (non-hydrogen) atoms. The van der Waals surface area contributed by atoms with Gasteiger partial charge < -0.3 is 5.32 Å². The molecule has 1 N–H and O–H groups in total. The summed E-state index contributed by atoms with van der Waals surface area (Å²) in [5.41, 5.74) is -0.242. The molecule has 0 unspecified atom stereocenters. The maximum Gasteiger partial charge on any atom is 0.261 e. The minimum absolute atomic E-state index is 0.0209. The SMILES string of the molecule is O=C(Nc1ccnc(Cl)n1)c1c(F)cccc1Cl. The Balaban J connectivity index is 2.28. The van der Waals surface area contributed by atoms with Gasteiger partial charge in [-0.15, -0.1) is 0 Å². The van der Waals surface area contributed by atoms with Crippen LogP contribution in [-0.2, 0) is 0 Å². The van der Waals surface area contributed by atoms with Crippen LogP contribution >= 0.6 is 23.2 Å². The van der Waals surface area contributed by atoms with E-state index in [1.807, 2.05) is 0 Å². The molecule has 0 aliphatic carbocycles. The van der Waals surface area contributed by atoms with Crippen molar-refractivity contribution in [1.29, 1.82) is 0 Å². The van der Waals surface area contributed by atoms with Crippen molar-refractivity contribution < 1.29 is 9.18 Å². The van der Waals surface area contributed by atoms with Gasteiger partial charge in [0.15, 0.2) is 0 Å². The first-order valence-electron chi connectivity index (χ1n) is 4.82. The molecule has 0 aliphatic heterocycles. The van der Waals surface area contributed by atoms with E-state index in [1.165, 1.54) is 24.4 Å². The third-order valence-corrected chi connectivity index (χ3v) is 2.55. The largest absolute Gasteiger partial charge is 0.306 e. The monoisotopic (exact) mass is 285 g/mol. The van der Waals surface area contributed by atoms with Crippen molar-refractivity contribution in [3.8, 4) is 0 Å². The predicted octanol–water partition coefficient (Wildman–Crippen LogP) is 3.17. The minimum Gasteiger partial charge on any atom is -0.306 e. The van der Waals surface area contributed by atoms with Crippen molar-refractivity contribution in [1.82, 2.24) is 9.97 Å². The van der Waals surface area contributed by atoms with Crippen LogP contribution in [0.2, 0.25) is 10.3 Å². The van der Waals surface area contributed by atoms with Crippen LogP contribution in [0.3, 0.4) is 0 Å². The predicted molar refractivity (Wildman–Crippen MR) is 66.4 cm³/mol. The second-order valence-electron chi connectivity index (χ2n) is 3.26. The number of carbonyl (C=O) groups excluding carboxylic acids is 1. The van der Waals surface area contributed by atoms with Gasteiger partial charge >= 0.3 is 0 Å². The maximum absolute atomic E-state index is 13.5. The second-order valence-corrected chi connectivity index (χ2v) is 4.01. The van der Waals surface area contributed by atoms with E-state index in [-0.39, 0.29) is 21.7 Å². The van der Waals surface area contributed by atoms with Gasteiger partial charge in [-0.05, 0) is 29.8 Å². The van der Waals surface area contributed by atoms with E-state index >= 15 is 0 Å². The number of carbonyl (C=O) groups is 1. The first-order chi connectivity index (χ1) is 8.58. The third-order valence-electron chi connectivity index (χ3n) is 2.06. The van der Waals surface area contributed by atoms with Crippen molar-refractivity contribution in [2.75, 3.05) is 5.32 Å². The Bertz CT molecular complexity index is 586. The Hall–Kier alpha value is -1.72. The van der Waals surface area contributed by atoms with Crippen LogP contribution in [-0.4, -0.2) is 15.9 Å². The lowest BCUT2D eigenvalue weighted by Crippen LogP contribution is -2.15. The zero-order chi connectivity index (χ0) is 13.1. The number of nitrogens with one attached hydrogen (secondary N) is 1. The molecule has 0 aliphatic rings. The van der Waals surface area contributed by atoms with Gasteiger partial charge in [-0.2, -0.15) is 0 Å². The summed E-state index contributed by atoms with van der Waals surface area (Å²) >= 11 is 11.3. The molecule has 0 radical (unpaired) electrons. The van der Waals surface area contributed by atoms with Crippen LogP contribution in [0.25, 0.3) is 0 Å². The molecule has 0 saturated carbocycles. The molecule has 1 amide bonds. The van der Waals surface area contributed by atoms with Gasteiger partial charge in [0.2, 0.25) is 5.28 Å². The van der Waals surface area contributed by atoms with Crippen molar-refractivity contribution in [3.05, 3.63) is 52.1 Å². The normalized spacial score (nSPS) is 10.2. The molecule has 0 saturated heterocycles. The summed E-state index contributed by atoms with van der Waals surface area (Å²) in [5.74, 6) is -1.24. The summed E-state index contributed by atoms with van der Waals surface area (Å²) < 4.78 is 13.5. The molecular weight excluding hydrogens is 280 g/mol. The van der Waals surface area contributed by atoms with E-state index < -0.39 is 11.7 Å². The number of benzene rings is 1. The molecule has 2 aromatic rings. The Kier molecular flexibility index (Phi) is 3.74. The van der Waals surface area contributed by atoms with E-state index in [4.69, 9.17) is 23.2 Å². The van der Waals surface area contributed by atoms with Crippen LogP contribution in [0.5, 0.6) is 0 Å². The number of amides is 1. The lowest BCUT2D eigenvalue weighted by atomic mass is 10.2. The van der Waals surface area contributed by atoms with Gasteiger partial charge in [0, 0.05) is 6.20 Å². The molecule has 92 valence electrons. The molecule has 2 rings (SSSR count). The fraction of sp³-hybridized carbons (Fsp3) is 0. The fourth-order valence-electron chi connectivity index (χ4n) is 1.30. The van der Waals surface area contributed by atoms with Gasteiger partial charge in [-0.3, -0.25) is 4.79 Å². The Morgan fingerprint density at radius 1 is 1.28 bits per heavy atom. The highest BCUT2D eigenvalue weighted by Gasteiger charge is 2.16. The quantitative estimate of drug-likeness (QED) is 0.863. The molecule has 1 aromatic carbocycles. The van der Waals surface area contributed by atoms with Crippen molar-refractivity contribution >= 4 is 34.9 Å². The molecule has 4 nitrogen and oxygen atoms in total. The molecule has 0 atom stereocenters. The van der Waals surface area contributed by atoms with E-state index in [1.54, 1.807) is 0 Å². The Morgan fingerprint density at radius 2 is 2.06 bits per heavy atom. The van der Waals surface area contributed by atoms with Crippen LogP contribution in [0.1, 0.15) is 10.4 Å². The summed E-state index contributed by atoms with van der Waals surface area (Å²) in [4.78, 5) is 19.2. The van der Waals surface area contributed by atoms with Crippen LogP contribution in [0, 0.1) is 5.82 Å². The number of anilines is 1. The summed E-state index contributed by atoms with van der Waals surface area (Å²) in [6, 6.07) is 5.41. The average molecular weight is 286 g/mol. The highest BCUT2D eigenvalue weighted by atomic mass is 35.5. The lowest BCUT2D eigenvalue weighted by molar-refractivity contribution is 0.102. The van der Waals surface area contributed by atoms with E-state index in [0.29, 0.717) is 0 Å². The van der Waals surface area contributed by atoms with Gasteiger partial charge in [-0.25, -0.2) is 14.4 Å². The first-order valence-corrected chi connectivity index (χ1v) is 5.57. The zero-order valence-electron chi connectivity index (χ0n) is 8.82. The minimum atomic E-state index is -0.708. The number of halogens is 3. The Morgan fingerprint density at radius 3 is 2.72 bits per heavy atom. The standard InChI is InChI=1S/C11H6Cl2FN3O/c12-6-2-1-3-7(14)9(6)10(18)16-8-4-5-15-11(13)17-8/h1-5H,(H,15,16,17,18). The first kappa shape index (κ1) is 12.7. The summed E-state index contributed by atoms with van der Waals surface area (Å²) in [5, 5.41) is 2.38. The van der Waals surface area contributed by atoms with Gasteiger partial charge in [-0.1, -0.05) is 17.7 Å². The molecule has 7 heteroatoms. The number of aromatic nitrogens is 2. The number of nitrogens with zero attached hydrogens (tertiary/aromatic N) is 2. The zero-order valence-corrected chi connectivity index (χ0v) is 10.3. The number of rotatable bonds is 2. The lowest BCUT2D eigenvalue weighted by Gasteiger charge is -2.06. The van der Waals surface area contributed by atoms with E-state index in [2.05, 4.69) is 15.3 Å². The highest BCUT2D eigenvalue weighted by Crippen LogP contribution is 2.20. The van der Waals surface area contributed by atoms with Crippen molar-refractivity contribution in [3.63, 3.8) is 0 Å². The van der Waals surface area contributed by atoms with Crippen LogP contribution < -0.4 is 5.32 Å². The van der Waals surface area contributed by atoms with E-state index in [9.17, 15) is 9.18 Å². The number of hydrogen-bond donors (Lipinski definition) is 1. The van der Waals surface area contributed by atoms with Gasteiger partial charge in [0.05, 0.1) is 10.6 Å². The fourth-order valence-corrected chi connectivity index (χ4v) is 1.69. The molecule has 0 bridgehead atoms. The smallest absolute Gasteiger partial charge is 0.261 e. The second kappa shape index (κ2) is 5.29. The summed E-state index contributed by atoms with van der Waals surface area (Å²) in [6.45, 7) is 0. The summed E-state index contributed by atoms with van der Waals surface area (Å²) in [6.07, 6.45) is 1.37. The molecular formula is C11H6Cl2FN3O. The van der Waals surface area contributed by atoms with Gasteiger partial charge in [0.25, 0.3) is 5.91 Å². The highest BCUT2D eigenvalue weighted by molar-refractivity contribution is 6.34. The molecule has 1 aromatic heterocycles.